The Morgan fingerprint density at radius 2 is 2.07 bits per heavy atom. The quantitative estimate of drug-likeness (QED) is 0.592. The Balaban J connectivity index is 1.64. The van der Waals surface area contributed by atoms with Gasteiger partial charge in [-0.15, -0.1) is 10.2 Å². The van der Waals surface area contributed by atoms with Crippen molar-refractivity contribution in [3.05, 3.63) is 45.5 Å². The minimum Gasteiger partial charge on any atom is -0.490 e. The summed E-state index contributed by atoms with van der Waals surface area (Å²) in [4.78, 5) is 25.7. The Kier molecular flexibility index (Phi) is 4.97. The molecule has 1 amide bonds. The number of hydrogen-bond donors (Lipinski definition) is 0. The maximum absolute atomic E-state index is 13.2. The minimum absolute atomic E-state index is 0.141. The summed E-state index contributed by atoms with van der Waals surface area (Å²) >= 11 is 0. The second-order valence-electron chi connectivity index (χ2n) is 7.24. The molecule has 0 radical (unpaired) electrons. The molecule has 148 valence electrons. The topological polar surface area (TPSA) is 103 Å². The fourth-order valence-corrected chi connectivity index (χ4v) is 4.16. The first-order chi connectivity index (χ1) is 13.6. The van der Waals surface area contributed by atoms with Crippen molar-refractivity contribution in [1.82, 2.24) is 19.7 Å². The van der Waals surface area contributed by atoms with Gasteiger partial charge in [0, 0.05) is 31.1 Å². The average Bonchev–Trinajstić information content (AvgIpc) is 3.27. The summed E-state index contributed by atoms with van der Waals surface area (Å²) in [7, 11) is 1.37. The van der Waals surface area contributed by atoms with Crippen LogP contribution in [0.25, 0.3) is 0 Å². The highest BCUT2D eigenvalue weighted by Gasteiger charge is 2.35. The summed E-state index contributed by atoms with van der Waals surface area (Å²) in [6.07, 6.45) is 5.98. The number of ether oxygens (including phenoxy) is 1. The van der Waals surface area contributed by atoms with E-state index in [4.69, 9.17) is 4.74 Å². The SMILES string of the molecule is COc1ccc(C(=O)N2CCCC2c2nnc3n2CCCCC3)cc1[N+](=O)[O-]. The molecular weight excluding hydrogens is 362 g/mol. The smallest absolute Gasteiger partial charge is 0.311 e. The number of carbonyl (C=O) groups excluding carboxylic acids is 1. The van der Waals surface area contributed by atoms with Crippen molar-refractivity contribution in [3.63, 3.8) is 0 Å². The summed E-state index contributed by atoms with van der Waals surface area (Å²) in [6.45, 7) is 1.48. The van der Waals surface area contributed by atoms with Crippen LogP contribution in [0.5, 0.6) is 5.75 Å². The largest absolute Gasteiger partial charge is 0.490 e. The summed E-state index contributed by atoms with van der Waals surface area (Å²) in [5, 5.41) is 20.1. The van der Waals surface area contributed by atoms with Gasteiger partial charge in [0.25, 0.3) is 5.91 Å². The molecule has 1 saturated heterocycles. The number of carbonyl (C=O) groups is 1. The maximum Gasteiger partial charge on any atom is 0.311 e. The van der Waals surface area contributed by atoms with E-state index >= 15 is 0 Å². The number of rotatable bonds is 4. The van der Waals surface area contributed by atoms with Gasteiger partial charge in [0.2, 0.25) is 0 Å². The summed E-state index contributed by atoms with van der Waals surface area (Å²) in [5.74, 6) is 1.75. The molecule has 0 saturated carbocycles. The maximum atomic E-state index is 13.2. The van der Waals surface area contributed by atoms with Gasteiger partial charge in [-0.3, -0.25) is 14.9 Å². The van der Waals surface area contributed by atoms with Crippen molar-refractivity contribution in [1.29, 1.82) is 0 Å². The number of nitrogens with zero attached hydrogens (tertiary/aromatic N) is 5. The number of amides is 1. The minimum atomic E-state index is -0.532. The van der Waals surface area contributed by atoms with Crippen LogP contribution in [0.1, 0.15) is 60.2 Å². The summed E-state index contributed by atoms with van der Waals surface area (Å²) < 4.78 is 7.20. The van der Waals surface area contributed by atoms with Gasteiger partial charge in [-0.1, -0.05) is 6.42 Å². The number of benzene rings is 1. The van der Waals surface area contributed by atoms with Gasteiger partial charge in [-0.2, -0.15) is 0 Å². The van der Waals surface area contributed by atoms with Crippen molar-refractivity contribution >= 4 is 11.6 Å². The van der Waals surface area contributed by atoms with Crippen LogP contribution >= 0.6 is 0 Å². The first-order valence-electron chi connectivity index (χ1n) is 9.65. The molecule has 9 nitrogen and oxygen atoms in total. The third kappa shape index (κ3) is 3.21. The number of aryl methyl sites for hydroxylation is 1. The number of aromatic nitrogens is 3. The number of nitro benzene ring substituents is 1. The predicted molar refractivity (Wildman–Crippen MR) is 100 cm³/mol. The van der Waals surface area contributed by atoms with Crippen LogP contribution in [0.2, 0.25) is 0 Å². The van der Waals surface area contributed by atoms with Gasteiger partial charge < -0.3 is 14.2 Å². The lowest BCUT2D eigenvalue weighted by molar-refractivity contribution is -0.385. The molecule has 28 heavy (non-hydrogen) atoms. The number of hydrogen-bond acceptors (Lipinski definition) is 6. The third-order valence-corrected chi connectivity index (χ3v) is 5.57. The molecule has 1 fully saturated rings. The van der Waals surface area contributed by atoms with E-state index < -0.39 is 4.92 Å². The highest BCUT2D eigenvalue weighted by atomic mass is 16.6. The molecule has 1 aromatic carbocycles. The standard InChI is InChI=1S/C19H23N5O4/c1-28-16-9-8-13(12-15(16)24(26)27)19(25)22-11-5-6-14(22)18-21-20-17-7-3-2-4-10-23(17)18/h8-9,12,14H,2-7,10-11H2,1H3. The van der Waals surface area contributed by atoms with Crippen LogP contribution < -0.4 is 4.74 Å². The number of fused-ring (bicyclic) bond motifs is 1. The molecule has 4 rings (SSSR count). The zero-order valence-electron chi connectivity index (χ0n) is 15.8. The third-order valence-electron chi connectivity index (χ3n) is 5.57. The zero-order valence-corrected chi connectivity index (χ0v) is 15.8. The highest BCUT2D eigenvalue weighted by molar-refractivity contribution is 5.95. The van der Waals surface area contributed by atoms with Crippen molar-refractivity contribution in [2.24, 2.45) is 0 Å². The van der Waals surface area contributed by atoms with Crippen LogP contribution in [-0.2, 0) is 13.0 Å². The second kappa shape index (κ2) is 7.57. The van der Waals surface area contributed by atoms with Gasteiger partial charge in [-0.05, 0) is 37.8 Å². The van der Waals surface area contributed by atoms with Crippen molar-refractivity contribution in [2.75, 3.05) is 13.7 Å². The Morgan fingerprint density at radius 1 is 1.21 bits per heavy atom. The molecule has 0 bridgehead atoms. The summed E-state index contributed by atoms with van der Waals surface area (Å²) in [5.41, 5.74) is 0.0791. The molecule has 1 aromatic heterocycles. The van der Waals surface area contributed by atoms with Crippen molar-refractivity contribution < 1.29 is 14.5 Å². The first kappa shape index (κ1) is 18.4. The molecule has 1 unspecified atom stereocenters. The van der Waals surface area contributed by atoms with E-state index in [0.717, 1.165) is 50.3 Å². The molecule has 3 heterocycles. The lowest BCUT2D eigenvalue weighted by atomic mass is 10.1. The molecule has 1 atom stereocenters. The fourth-order valence-electron chi connectivity index (χ4n) is 4.16. The second-order valence-corrected chi connectivity index (χ2v) is 7.24. The van der Waals surface area contributed by atoms with E-state index in [1.54, 1.807) is 11.0 Å². The molecule has 2 aliphatic rings. The van der Waals surface area contributed by atoms with Crippen molar-refractivity contribution in [2.45, 2.75) is 51.1 Å². The molecular formula is C19H23N5O4. The van der Waals surface area contributed by atoms with Crippen LogP contribution in [-0.4, -0.2) is 44.1 Å². The Morgan fingerprint density at radius 3 is 2.86 bits per heavy atom. The Labute approximate surface area is 162 Å². The van der Waals surface area contributed by atoms with Gasteiger partial charge in [0.1, 0.15) is 5.82 Å². The van der Waals surface area contributed by atoms with E-state index in [1.807, 2.05) is 0 Å². The van der Waals surface area contributed by atoms with Crippen LogP contribution in [0.15, 0.2) is 18.2 Å². The Bertz CT molecular complexity index is 910. The molecule has 2 aromatic rings. The molecule has 0 N–H and O–H groups in total. The molecule has 9 heteroatoms. The lowest BCUT2D eigenvalue weighted by Gasteiger charge is -2.25. The molecule has 2 aliphatic heterocycles. The monoisotopic (exact) mass is 385 g/mol. The van der Waals surface area contributed by atoms with Crippen LogP contribution in [0.3, 0.4) is 0 Å². The summed E-state index contributed by atoms with van der Waals surface area (Å²) in [6, 6.07) is 4.20. The van der Waals surface area contributed by atoms with E-state index in [9.17, 15) is 14.9 Å². The first-order valence-corrected chi connectivity index (χ1v) is 9.65. The normalized spacial score (nSPS) is 19.2. The van der Waals surface area contributed by atoms with Gasteiger partial charge in [0.15, 0.2) is 11.6 Å². The molecule has 0 aliphatic carbocycles. The average molecular weight is 385 g/mol. The predicted octanol–water partition coefficient (Wildman–Crippen LogP) is 2.90. The van der Waals surface area contributed by atoms with Gasteiger partial charge >= 0.3 is 5.69 Å². The van der Waals surface area contributed by atoms with Gasteiger partial charge in [-0.25, -0.2) is 0 Å². The highest BCUT2D eigenvalue weighted by Crippen LogP contribution is 2.35. The number of methoxy groups -OCH3 is 1. The fraction of sp³-hybridized carbons (Fsp3) is 0.526. The van der Waals surface area contributed by atoms with Crippen LogP contribution in [0, 0.1) is 10.1 Å². The van der Waals surface area contributed by atoms with E-state index in [2.05, 4.69) is 14.8 Å². The van der Waals surface area contributed by atoms with Gasteiger partial charge in [0.05, 0.1) is 18.1 Å². The van der Waals surface area contributed by atoms with E-state index in [1.165, 1.54) is 25.7 Å². The van der Waals surface area contributed by atoms with Crippen molar-refractivity contribution in [3.8, 4) is 5.75 Å². The van der Waals surface area contributed by atoms with E-state index in [-0.39, 0.29) is 28.9 Å². The number of nitro groups is 1. The lowest BCUT2D eigenvalue weighted by Crippen LogP contribution is -2.32. The zero-order chi connectivity index (χ0) is 19.7. The van der Waals surface area contributed by atoms with E-state index in [0.29, 0.717) is 6.54 Å². The molecule has 0 spiro atoms. The number of likely N-dealkylation sites (tertiary alicyclic amines) is 1. The van der Waals surface area contributed by atoms with Crippen LogP contribution in [0.4, 0.5) is 5.69 Å². The Hall–Kier alpha value is -2.97.